The summed E-state index contributed by atoms with van der Waals surface area (Å²) < 4.78 is 10.8. The third-order valence-corrected chi connectivity index (χ3v) is 7.29. The van der Waals surface area contributed by atoms with Gasteiger partial charge >= 0.3 is 0 Å². The molecule has 0 saturated carbocycles. The van der Waals surface area contributed by atoms with Crippen molar-refractivity contribution in [2.75, 3.05) is 50.2 Å². The number of nitrogens with zero attached hydrogens (tertiary/aromatic N) is 2. The van der Waals surface area contributed by atoms with Gasteiger partial charge in [-0.05, 0) is 61.8 Å². The predicted molar refractivity (Wildman–Crippen MR) is 130 cm³/mol. The Balaban J connectivity index is 1.14. The monoisotopic (exact) mass is 422 g/mol. The Kier molecular flexibility index (Phi) is 7.61. The van der Waals surface area contributed by atoms with Crippen molar-refractivity contribution in [2.24, 2.45) is 11.8 Å². The molecule has 2 aliphatic heterocycles. The van der Waals surface area contributed by atoms with E-state index in [0.717, 1.165) is 23.3 Å². The summed E-state index contributed by atoms with van der Waals surface area (Å²) in [4.78, 5) is 5.04. The first-order valence-electron chi connectivity index (χ1n) is 12.0. The molecule has 0 amide bonds. The highest BCUT2D eigenvalue weighted by Gasteiger charge is 2.22. The van der Waals surface area contributed by atoms with Crippen LogP contribution >= 0.6 is 0 Å². The van der Waals surface area contributed by atoms with Crippen LogP contribution in [0, 0.1) is 11.8 Å². The zero-order chi connectivity index (χ0) is 21.5. The number of methoxy groups -OCH3 is 2. The third-order valence-electron chi connectivity index (χ3n) is 7.29. The third kappa shape index (κ3) is 5.87. The SMILES string of the molecule is COc1cccc(N2CCC(CCCC3CCN(c4cccc(OC)c4)CC3)CC2)c1. The largest absolute Gasteiger partial charge is 0.497 e. The van der Waals surface area contributed by atoms with E-state index >= 15 is 0 Å². The molecule has 0 radical (unpaired) electrons. The quantitative estimate of drug-likeness (QED) is 0.520. The van der Waals surface area contributed by atoms with E-state index in [1.54, 1.807) is 14.2 Å². The first-order chi connectivity index (χ1) is 15.2. The fourth-order valence-corrected chi connectivity index (χ4v) is 5.27. The van der Waals surface area contributed by atoms with Crippen molar-refractivity contribution >= 4 is 11.4 Å². The average Bonchev–Trinajstić information content (AvgIpc) is 2.85. The molecule has 2 heterocycles. The topological polar surface area (TPSA) is 24.9 Å². The van der Waals surface area contributed by atoms with E-state index in [1.165, 1.54) is 82.5 Å². The summed E-state index contributed by atoms with van der Waals surface area (Å²) in [7, 11) is 3.49. The summed E-state index contributed by atoms with van der Waals surface area (Å²) in [5.74, 6) is 3.71. The normalized spacial score (nSPS) is 18.3. The number of piperidine rings is 2. The Morgan fingerprint density at radius 3 is 1.48 bits per heavy atom. The van der Waals surface area contributed by atoms with E-state index in [9.17, 15) is 0 Å². The molecule has 2 aliphatic rings. The maximum absolute atomic E-state index is 5.38. The van der Waals surface area contributed by atoms with Crippen LogP contribution in [0.3, 0.4) is 0 Å². The summed E-state index contributed by atoms with van der Waals surface area (Å²) in [6, 6.07) is 17.0. The lowest BCUT2D eigenvalue weighted by molar-refractivity contribution is 0.325. The predicted octanol–water partition coefficient (Wildman–Crippen LogP) is 6.01. The molecule has 31 heavy (non-hydrogen) atoms. The van der Waals surface area contributed by atoms with Crippen molar-refractivity contribution in [1.82, 2.24) is 0 Å². The molecule has 4 heteroatoms. The molecule has 168 valence electrons. The number of hydrogen-bond donors (Lipinski definition) is 0. The molecule has 2 aromatic rings. The lowest BCUT2D eigenvalue weighted by Gasteiger charge is -2.35. The van der Waals surface area contributed by atoms with Gasteiger partial charge in [-0.25, -0.2) is 0 Å². The minimum atomic E-state index is 0.902. The van der Waals surface area contributed by atoms with Gasteiger partial charge in [-0.2, -0.15) is 0 Å². The van der Waals surface area contributed by atoms with Crippen molar-refractivity contribution < 1.29 is 9.47 Å². The van der Waals surface area contributed by atoms with Crippen LogP contribution in [-0.2, 0) is 0 Å². The van der Waals surface area contributed by atoms with Gasteiger partial charge in [0.15, 0.2) is 0 Å². The average molecular weight is 423 g/mol. The van der Waals surface area contributed by atoms with Crippen molar-refractivity contribution in [3.8, 4) is 11.5 Å². The van der Waals surface area contributed by atoms with Gasteiger partial charge in [-0.15, -0.1) is 0 Å². The molecule has 0 spiro atoms. The zero-order valence-corrected chi connectivity index (χ0v) is 19.3. The summed E-state index contributed by atoms with van der Waals surface area (Å²) in [6.45, 7) is 4.71. The summed E-state index contributed by atoms with van der Waals surface area (Å²) in [5, 5.41) is 0. The van der Waals surface area contributed by atoms with Crippen molar-refractivity contribution in [3.05, 3.63) is 48.5 Å². The number of ether oxygens (including phenoxy) is 2. The van der Waals surface area contributed by atoms with Crippen LogP contribution in [-0.4, -0.2) is 40.4 Å². The molecule has 2 saturated heterocycles. The highest BCUT2D eigenvalue weighted by atomic mass is 16.5. The van der Waals surface area contributed by atoms with Gasteiger partial charge in [0.2, 0.25) is 0 Å². The van der Waals surface area contributed by atoms with Gasteiger partial charge in [0.1, 0.15) is 11.5 Å². The Morgan fingerprint density at radius 2 is 1.10 bits per heavy atom. The first kappa shape index (κ1) is 21.9. The van der Waals surface area contributed by atoms with Crippen molar-refractivity contribution in [3.63, 3.8) is 0 Å². The number of benzene rings is 2. The molecule has 0 unspecified atom stereocenters. The van der Waals surface area contributed by atoms with Gasteiger partial charge in [-0.3, -0.25) is 0 Å². The first-order valence-corrected chi connectivity index (χ1v) is 12.0. The molecule has 0 N–H and O–H groups in total. The smallest absolute Gasteiger partial charge is 0.120 e. The van der Waals surface area contributed by atoms with Crippen molar-refractivity contribution in [2.45, 2.75) is 44.9 Å². The molecule has 0 aromatic heterocycles. The van der Waals surface area contributed by atoms with Crippen LogP contribution in [0.15, 0.2) is 48.5 Å². The molecule has 0 bridgehead atoms. The lowest BCUT2D eigenvalue weighted by Crippen LogP contribution is -2.34. The zero-order valence-electron chi connectivity index (χ0n) is 19.3. The Morgan fingerprint density at radius 1 is 0.677 bits per heavy atom. The van der Waals surface area contributed by atoms with Gasteiger partial charge in [0.25, 0.3) is 0 Å². The lowest BCUT2D eigenvalue weighted by atomic mass is 9.86. The van der Waals surface area contributed by atoms with Crippen LogP contribution in [0.5, 0.6) is 11.5 Å². The van der Waals surface area contributed by atoms with Crippen LogP contribution < -0.4 is 19.3 Å². The van der Waals surface area contributed by atoms with Crippen LogP contribution in [0.4, 0.5) is 11.4 Å². The Labute approximate surface area is 188 Å². The molecule has 2 fully saturated rings. The maximum Gasteiger partial charge on any atom is 0.120 e. The number of hydrogen-bond acceptors (Lipinski definition) is 4. The highest BCUT2D eigenvalue weighted by molar-refractivity contribution is 5.51. The van der Waals surface area contributed by atoms with Gasteiger partial charge < -0.3 is 19.3 Å². The maximum atomic E-state index is 5.38. The summed E-state index contributed by atoms with van der Waals surface area (Å²) in [5.41, 5.74) is 2.61. The van der Waals surface area contributed by atoms with E-state index in [0.29, 0.717) is 0 Å². The van der Waals surface area contributed by atoms with Crippen LogP contribution in [0.25, 0.3) is 0 Å². The summed E-state index contributed by atoms with van der Waals surface area (Å²) in [6.07, 6.45) is 9.51. The molecular weight excluding hydrogens is 384 g/mol. The van der Waals surface area contributed by atoms with Crippen LogP contribution in [0.1, 0.15) is 44.9 Å². The fraction of sp³-hybridized carbons (Fsp3) is 0.556. The molecule has 2 aromatic carbocycles. The minimum Gasteiger partial charge on any atom is -0.497 e. The molecule has 0 aliphatic carbocycles. The Bertz CT molecular complexity index is 741. The van der Waals surface area contributed by atoms with E-state index in [-0.39, 0.29) is 0 Å². The summed E-state index contributed by atoms with van der Waals surface area (Å²) >= 11 is 0. The fourth-order valence-electron chi connectivity index (χ4n) is 5.27. The number of anilines is 2. The second-order valence-corrected chi connectivity index (χ2v) is 9.19. The second-order valence-electron chi connectivity index (χ2n) is 9.19. The van der Waals surface area contributed by atoms with Gasteiger partial charge in [-0.1, -0.05) is 31.4 Å². The minimum absolute atomic E-state index is 0.902. The highest BCUT2D eigenvalue weighted by Crippen LogP contribution is 2.31. The molecule has 4 rings (SSSR count). The molecule has 0 atom stereocenters. The van der Waals surface area contributed by atoms with E-state index < -0.39 is 0 Å². The Hall–Kier alpha value is -2.36. The second kappa shape index (κ2) is 10.8. The van der Waals surface area contributed by atoms with Gasteiger partial charge in [0, 0.05) is 49.7 Å². The van der Waals surface area contributed by atoms with Crippen molar-refractivity contribution in [1.29, 1.82) is 0 Å². The number of rotatable bonds is 8. The molecular formula is C27H38N2O2. The standard InChI is InChI=1S/C27H38N2O2/c1-30-26-10-4-8-24(20-26)28-16-12-22(13-17-28)6-3-7-23-14-18-29(19-15-23)25-9-5-11-27(21-25)31-2/h4-5,8-11,20-23H,3,6-7,12-19H2,1-2H3. The van der Waals surface area contributed by atoms with E-state index in [4.69, 9.17) is 9.47 Å². The van der Waals surface area contributed by atoms with Gasteiger partial charge in [0.05, 0.1) is 14.2 Å². The van der Waals surface area contributed by atoms with E-state index in [2.05, 4.69) is 46.2 Å². The van der Waals surface area contributed by atoms with E-state index in [1.807, 2.05) is 12.1 Å². The van der Waals surface area contributed by atoms with Crippen LogP contribution in [0.2, 0.25) is 0 Å². The molecule has 4 nitrogen and oxygen atoms in total.